The van der Waals surface area contributed by atoms with Crippen LogP contribution in [0.1, 0.15) is 6.42 Å². The Labute approximate surface area is 309 Å². The lowest BCUT2D eigenvalue weighted by molar-refractivity contribution is -0.363. The minimum Gasteiger partial charge on any atom is -0.394 e. The van der Waals surface area contributed by atoms with Crippen molar-refractivity contribution in [3.8, 4) is 0 Å². The number of hydrogen-bond donors (Lipinski definition) is 13. The summed E-state index contributed by atoms with van der Waals surface area (Å²) in [4.78, 5) is 0. The third-order valence-electron chi connectivity index (χ3n) is 9.81. The van der Waals surface area contributed by atoms with Crippen LogP contribution in [0.5, 0.6) is 0 Å². The van der Waals surface area contributed by atoms with Crippen LogP contribution in [-0.4, -0.2) is 250 Å². The number of rotatable bonds is 18. The van der Waals surface area contributed by atoms with Crippen molar-refractivity contribution >= 4 is 0 Å². The maximum Gasteiger partial charge on any atom is 0.187 e. The molecular formula is C31H56O23. The number of aliphatic hydroxyl groups is 13. The van der Waals surface area contributed by atoms with Crippen LogP contribution in [0.15, 0.2) is 0 Å². The summed E-state index contributed by atoms with van der Waals surface area (Å²) in [5, 5.41) is 134. The molecule has 4 aliphatic heterocycles. The van der Waals surface area contributed by atoms with Crippen LogP contribution < -0.4 is 0 Å². The van der Waals surface area contributed by atoms with Crippen molar-refractivity contribution in [3.05, 3.63) is 0 Å². The highest BCUT2D eigenvalue weighted by Crippen LogP contribution is 2.33. The van der Waals surface area contributed by atoms with Crippen LogP contribution in [-0.2, 0) is 47.4 Å². The summed E-state index contributed by atoms with van der Waals surface area (Å²) >= 11 is 0. The molecule has 0 aliphatic carbocycles. The average Bonchev–Trinajstić information content (AvgIpc) is 3.16. The van der Waals surface area contributed by atoms with Gasteiger partial charge in [-0.2, -0.15) is 0 Å². The number of hydrogen-bond acceptors (Lipinski definition) is 23. The SMILES string of the molecule is COCC(COC)(COC1OC(CO)[C@H](OC2OC(CO)[C@H](O)[C@@H](O)[C@H]2O)[C@@H](O)[C@H]1O)CO[C@H]1OC(CO)[C@H](O[C@H]2C[C@H](O)[C@@H](O)C(CO)O2)[C@@H](O)C1O. The van der Waals surface area contributed by atoms with E-state index in [-0.39, 0.29) is 32.8 Å². The summed E-state index contributed by atoms with van der Waals surface area (Å²) in [5.41, 5.74) is -1.27. The van der Waals surface area contributed by atoms with Crippen LogP contribution in [0.3, 0.4) is 0 Å². The predicted molar refractivity (Wildman–Crippen MR) is 170 cm³/mol. The van der Waals surface area contributed by atoms with Crippen molar-refractivity contribution < 1.29 is 114 Å². The fourth-order valence-corrected chi connectivity index (χ4v) is 6.76. The Hall–Kier alpha value is -0.920. The summed E-state index contributed by atoms with van der Waals surface area (Å²) < 4.78 is 55.9. The molecule has 4 saturated heterocycles. The molecule has 13 N–H and O–H groups in total. The monoisotopic (exact) mass is 796 g/mol. The molecule has 0 radical (unpaired) electrons. The molecule has 318 valence electrons. The molecular weight excluding hydrogens is 740 g/mol. The van der Waals surface area contributed by atoms with Crippen LogP contribution in [0, 0.1) is 5.41 Å². The van der Waals surface area contributed by atoms with Gasteiger partial charge in [0.1, 0.15) is 85.5 Å². The molecule has 0 spiro atoms. The Morgan fingerprint density at radius 1 is 0.463 bits per heavy atom. The molecule has 7 unspecified atom stereocenters. The van der Waals surface area contributed by atoms with Gasteiger partial charge in [0.25, 0.3) is 0 Å². The molecule has 23 heteroatoms. The molecule has 54 heavy (non-hydrogen) atoms. The fourth-order valence-electron chi connectivity index (χ4n) is 6.76. The molecule has 4 fully saturated rings. The van der Waals surface area contributed by atoms with E-state index in [1.165, 1.54) is 14.2 Å². The normalized spacial score (nSPS) is 45.1. The smallest absolute Gasteiger partial charge is 0.187 e. The largest absolute Gasteiger partial charge is 0.394 e. The van der Waals surface area contributed by atoms with Gasteiger partial charge in [-0.15, -0.1) is 0 Å². The van der Waals surface area contributed by atoms with Gasteiger partial charge in [0, 0.05) is 20.6 Å². The van der Waals surface area contributed by atoms with Gasteiger partial charge in [0.15, 0.2) is 25.2 Å². The lowest BCUT2D eigenvalue weighted by atomic mass is 9.91. The number of methoxy groups -OCH3 is 2. The van der Waals surface area contributed by atoms with E-state index in [1.54, 1.807) is 0 Å². The van der Waals surface area contributed by atoms with Gasteiger partial charge >= 0.3 is 0 Å². The minimum absolute atomic E-state index is 0.141. The minimum atomic E-state index is -1.85. The third-order valence-corrected chi connectivity index (χ3v) is 9.81. The van der Waals surface area contributed by atoms with Crippen LogP contribution >= 0.6 is 0 Å². The van der Waals surface area contributed by atoms with Crippen LogP contribution in [0.25, 0.3) is 0 Å². The Bertz CT molecular complexity index is 1080. The molecule has 4 heterocycles. The van der Waals surface area contributed by atoms with E-state index in [9.17, 15) is 66.4 Å². The summed E-state index contributed by atoms with van der Waals surface area (Å²) in [6.45, 7) is -3.98. The first kappa shape index (κ1) is 45.8. The molecule has 4 aliphatic rings. The van der Waals surface area contributed by atoms with Gasteiger partial charge in [0.2, 0.25) is 0 Å². The first-order chi connectivity index (χ1) is 25.7. The highest BCUT2D eigenvalue weighted by molar-refractivity contribution is 4.95. The predicted octanol–water partition coefficient (Wildman–Crippen LogP) is -8.42. The van der Waals surface area contributed by atoms with E-state index in [2.05, 4.69) is 0 Å². The van der Waals surface area contributed by atoms with Crippen molar-refractivity contribution in [3.63, 3.8) is 0 Å². The fraction of sp³-hybridized carbons (Fsp3) is 1.00. The van der Waals surface area contributed by atoms with Crippen molar-refractivity contribution in [2.24, 2.45) is 5.41 Å². The van der Waals surface area contributed by atoms with Gasteiger partial charge in [-0.1, -0.05) is 0 Å². The van der Waals surface area contributed by atoms with Gasteiger partial charge in [-0.05, 0) is 0 Å². The van der Waals surface area contributed by atoms with Gasteiger partial charge in [-0.25, -0.2) is 0 Å². The number of aliphatic hydroxyl groups excluding tert-OH is 13. The summed E-state index contributed by atoms with van der Waals surface area (Å²) in [5.74, 6) is 0. The zero-order valence-corrected chi connectivity index (χ0v) is 29.7. The summed E-state index contributed by atoms with van der Waals surface area (Å²) in [6.07, 6.45) is -29.9. The molecule has 23 nitrogen and oxygen atoms in total. The maximum absolute atomic E-state index is 11.0. The zero-order chi connectivity index (χ0) is 39.9. The standard InChI is InChI=1S/C31H56O23/c1-45-8-31(9-46-2,10-47-28-24(43)21(40)26(15(6-34)51-28)53-17-3-12(36)18(37)13(4-32)49-17)11-48-29-25(44)22(41)27(16(7-35)52-29)54-30-23(42)20(39)19(38)14(5-33)50-30/h12-30,32-44H,3-11H2,1-2H3/t12-,13?,14?,15?,16?,17-,18+,19-,20+,21-,22-,23+,24?,25+,26-,27-,28-,29?,30?/m0/s1. The summed E-state index contributed by atoms with van der Waals surface area (Å²) in [6, 6.07) is 0. The van der Waals surface area contributed by atoms with Gasteiger partial charge in [0.05, 0.1) is 64.4 Å². The zero-order valence-electron chi connectivity index (χ0n) is 29.7. The lowest BCUT2D eigenvalue weighted by Crippen LogP contribution is -2.65. The second kappa shape index (κ2) is 20.7. The van der Waals surface area contributed by atoms with E-state index in [4.69, 9.17) is 47.4 Å². The second-order valence-electron chi connectivity index (χ2n) is 13.9. The van der Waals surface area contributed by atoms with Crippen molar-refractivity contribution in [2.45, 2.75) is 123 Å². The van der Waals surface area contributed by atoms with E-state index in [1.807, 2.05) is 0 Å². The van der Waals surface area contributed by atoms with Gasteiger partial charge < -0.3 is 114 Å². The molecule has 19 atom stereocenters. The van der Waals surface area contributed by atoms with Crippen LogP contribution in [0.2, 0.25) is 0 Å². The van der Waals surface area contributed by atoms with Crippen molar-refractivity contribution in [1.82, 2.24) is 0 Å². The van der Waals surface area contributed by atoms with E-state index < -0.39 is 149 Å². The van der Waals surface area contributed by atoms with Crippen LogP contribution in [0.4, 0.5) is 0 Å². The first-order valence-electron chi connectivity index (χ1n) is 17.4. The van der Waals surface area contributed by atoms with E-state index in [0.717, 1.165) is 0 Å². The average molecular weight is 797 g/mol. The molecule has 0 bridgehead atoms. The topological polar surface area (TPSA) is 355 Å². The molecule has 0 aromatic rings. The quantitative estimate of drug-likeness (QED) is 0.0612. The second-order valence-corrected chi connectivity index (χ2v) is 13.9. The molecule has 0 amide bonds. The molecule has 0 aromatic carbocycles. The lowest BCUT2D eigenvalue weighted by Gasteiger charge is -2.46. The molecule has 0 saturated carbocycles. The highest BCUT2D eigenvalue weighted by Gasteiger charge is 2.52. The highest BCUT2D eigenvalue weighted by atomic mass is 16.8. The summed E-state index contributed by atoms with van der Waals surface area (Å²) in [7, 11) is 2.71. The molecule has 0 aromatic heterocycles. The Kier molecular flexibility index (Phi) is 17.5. The number of ether oxygens (including phenoxy) is 10. The van der Waals surface area contributed by atoms with E-state index in [0.29, 0.717) is 0 Å². The van der Waals surface area contributed by atoms with Gasteiger partial charge in [-0.3, -0.25) is 0 Å². The maximum atomic E-state index is 11.0. The third kappa shape index (κ3) is 10.4. The van der Waals surface area contributed by atoms with Crippen molar-refractivity contribution in [2.75, 3.05) is 67.1 Å². The van der Waals surface area contributed by atoms with Crippen molar-refractivity contribution in [1.29, 1.82) is 0 Å². The molecule has 4 rings (SSSR count). The Morgan fingerprint density at radius 3 is 1.35 bits per heavy atom. The first-order valence-corrected chi connectivity index (χ1v) is 17.4. The van der Waals surface area contributed by atoms with E-state index >= 15 is 0 Å². The Morgan fingerprint density at radius 2 is 0.889 bits per heavy atom. The Balaban J connectivity index is 1.40.